The maximum atomic E-state index is 13.6. The second kappa shape index (κ2) is 8.25. The number of aromatic nitrogens is 4. The summed E-state index contributed by atoms with van der Waals surface area (Å²) in [6.07, 6.45) is -4.80. The van der Waals surface area contributed by atoms with Crippen molar-refractivity contribution < 1.29 is 27.1 Å². The number of carbonyl (C=O) groups excluding carboxylic acids is 1. The Morgan fingerprint density at radius 3 is 2.38 bits per heavy atom. The molecule has 4 rings (SSSR count). The van der Waals surface area contributed by atoms with Crippen molar-refractivity contribution in [1.29, 1.82) is 0 Å². The van der Waals surface area contributed by atoms with Crippen LogP contribution >= 0.6 is 0 Å². The number of nitrogens with one attached hydrogen (secondary N) is 1. The quantitative estimate of drug-likeness (QED) is 0.454. The van der Waals surface area contributed by atoms with Crippen LogP contribution in [0.3, 0.4) is 0 Å². The molecule has 0 radical (unpaired) electrons. The molecular formula is C21H15F4N5O2. The van der Waals surface area contributed by atoms with E-state index < -0.39 is 35.2 Å². The summed E-state index contributed by atoms with van der Waals surface area (Å²) in [6, 6.07) is 12.0. The van der Waals surface area contributed by atoms with Crippen molar-refractivity contribution >= 4 is 17.4 Å². The van der Waals surface area contributed by atoms with Gasteiger partial charge < -0.3 is 10.1 Å². The zero-order valence-corrected chi connectivity index (χ0v) is 16.5. The Bertz CT molecular complexity index is 1270. The lowest BCUT2D eigenvalue weighted by molar-refractivity contribution is -0.142. The molecule has 2 heterocycles. The fraction of sp³-hybridized carbons (Fsp3) is 0.143. The number of hydrogen-bond acceptors (Lipinski definition) is 5. The highest BCUT2D eigenvalue weighted by molar-refractivity contribution is 6.01. The van der Waals surface area contributed by atoms with E-state index in [1.54, 1.807) is 24.3 Å². The average molecular weight is 445 g/mol. The van der Waals surface area contributed by atoms with E-state index in [4.69, 9.17) is 4.74 Å². The molecule has 4 aromatic rings. The fourth-order valence-electron chi connectivity index (χ4n) is 2.92. The number of carbonyl (C=O) groups is 1. The third-order valence-electron chi connectivity index (χ3n) is 4.37. The Morgan fingerprint density at radius 1 is 1.06 bits per heavy atom. The van der Waals surface area contributed by atoms with E-state index in [-0.39, 0.29) is 11.3 Å². The highest BCUT2D eigenvalue weighted by atomic mass is 19.4. The number of amides is 1. The largest absolute Gasteiger partial charge is 0.494 e. The Morgan fingerprint density at radius 2 is 1.75 bits per heavy atom. The first-order valence-corrected chi connectivity index (χ1v) is 9.40. The van der Waals surface area contributed by atoms with Gasteiger partial charge in [-0.3, -0.25) is 4.79 Å². The Kier molecular flexibility index (Phi) is 5.47. The molecule has 0 fully saturated rings. The molecule has 0 aliphatic heterocycles. The highest BCUT2D eigenvalue weighted by Crippen LogP contribution is 2.32. The molecule has 1 amide bonds. The SMILES string of the molecule is CCOc1ccc(NC(=O)c2nc3nc(-c4ccc(F)cc4)cc(C(F)(F)F)n3n2)cc1. The topological polar surface area (TPSA) is 81.4 Å². The van der Waals surface area contributed by atoms with Crippen LogP contribution in [-0.2, 0) is 6.18 Å². The molecule has 11 heteroatoms. The monoisotopic (exact) mass is 445 g/mol. The van der Waals surface area contributed by atoms with Crippen LogP contribution in [0.4, 0.5) is 23.2 Å². The summed E-state index contributed by atoms with van der Waals surface area (Å²) < 4.78 is 59.9. The van der Waals surface area contributed by atoms with E-state index in [9.17, 15) is 22.4 Å². The second-order valence-corrected chi connectivity index (χ2v) is 6.59. The number of fused-ring (bicyclic) bond motifs is 1. The summed E-state index contributed by atoms with van der Waals surface area (Å²) >= 11 is 0. The lowest BCUT2D eigenvalue weighted by atomic mass is 10.1. The molecule has 0 unspecified atom stereocenters. The van der Waals surface area contributed by atoms with Crippen LogP contribution in [0.1, 0.15) is 23.2 Å². The maximum Gasteiger partial charge on any atom is 0.433 e. The Balaban J connectivity index is 1.70. The van der Waals surface area contributed by atoms with Crippen LogP contribution in [0.5, 0.6) is 5.75 Å². The second-order valence-electron chi connectivity index (χ2n) is 6.59. The summed E-state index contributed by atoms with van der Waals surface area (Å²) in [7, 11) is 0. The molecule has 0 aliphatic carbocycles. The van der Waals surface area contributed by atoms with Crippen LogP contribution in [0.15, 0.2) is 54.6 Å². The Hall–Kier alpha value is -4.02. The first kappa shape index (κ1) is 21.2. The molecule has 0 atom stereocenters. The zero-order chi connectivity index (χ0) is 22.9. The van der Waals surface area contributed by atoms with Gasteiger partial charge in [-0.25, -0.2) is 9.37 Å². The van der Waals surface area contributed by atoms with Gasteiger partial charge in [0.1, 0.15) is 11.6 Å². The van der Waals surface area contributed by atoms with Crippen molar-refractivity contribution in [3.63, 3.8) is 0 Å². The van der Waals surface area contributed by atoms with E-state index in [1.807, 2.05) is 6.92 Å². The van der Waals surface area contributed by atoms with Crippen molar-refractivity contribution in [2.24, 2.45) is 0 Å². The smallest absolute Gasteiger partial charge is 0.433 e. The van der Waals surface area contributed by atoms with Crippen molar-refractivity contribution in [2.75, 3.05) is 11.9 Å². The van der Waals surface area contributed by atoms with Crippen molar-refractivity contribution in [3.05, 3.63) is 71.9 Å². The number of nitrogens with zero attached hydrogens (tertiary/aromatic N) is 4. The standard InChI is InChI=1S/C21H15F4N5O2/c1-2-32-15-9-7-14(8-10-15)26-19(31)18-28-20-27-16(12-3-5-13(22)6-4-12)11-17(21(23,24)25)30(20)29-18/h3-11H,2H2,1H3,(H,26,31). The fourth-order valence-corrected chi connectivity index (χ4v) is 2.92. The van der Waals surface area contributed by atoms with Crippen LogP contribution in [0.2, 0.25) is 0 Å². The van der Waals surface area contributed by atoms with Crippen LogP contribution in [0, 0.1) is 5.82 Å². The minimum absolute atomic E-state index is 0.0873. The van der Waals surface area contributed by atoms with Crippen molar-refractivity contribution in [2.45, 2.75) is 13.1 Å². The van der Waals surface area contributed by atoms with Gasteiger partial charge in [0.2, 0.25) is 5.82 Å². The van der Waals surface area contributed by atoms with E-state index in [0.717, 1.165) is 18.2 Å². The maximum absolute atomic E-state index is 13.6. The number of hydrogen-bond donors (Lipinski definition) is 1. The van der Waals surface area contributed by atoms with Gasteiger partial charge in [0, 0.05) is 11.3 Å². The third-order valence-corrected chi connectivity index (χ3v) is 4.37. The number of rotatable bonds is 5. The third kappa shape index (κ3) is 4.36. The lowest BCUT2D eigenvalue weighted by Gasteiger charge is -2.10. The highest BCUT2D eigenvalue weighted by Gasteiger charge is 2.36. The lowest BCUT2D eigenvalue weighted by Crippen LogP contribution is -2.16. The summed E-state index contributed by atoms with van der Waals surface area (Å²) in [5, 5.41) is 6.21. The molecule has 0 saturated heterocycles. The van der Waals surface area contributed by atoms with Gasteiger partial charge in [-0.05, 0) is 61.5 Å². The minimum Gasteiger partial charge on any atom is -0.494 e. The first-order valence-electron chi connectivity index (χ1n) is 9.40. The van der Waals surface area contributed by atoms with Gasteiger partial charge in [0.25, 0.3) is 11.7 Å². The van der Waals surface area contributed by atoms with Gasteiger partial charge in [-0.1, -0.05) is 0 Å². The zero-order valence-electron chi connectivity index (χ0n) is 16.5. The van der Waals surface area contributed by atoms with Crippen molar-refractivity contribution in [3.8, 4) is 17.0 Å². The average Bonchev–Trinajstić information content (AvgIpc) is 3.19. The molecule has 0 aliphatic rings. The molecule has 0 bridgehead atoms. The molecule has 2 aromatic carbocycles. The summed E-state index contributed by atoms with van der Waals surface area (Å²) in [5.41, 5.74) is -0.624. The normalized spacial score (nSPS) is 11.5. The molecular weight excluding hydrogens is 430 g/mol. The molecule has 0 saturated carbocycles. The molecule has 0 spiro atoms. The molecule has 32 heavy (non-hydrogen) atoms. The number of anilines is 1. The minimum atomic E-state index is -4.80. The Labute approximate surface area is 178 Å². The van der Waals surface area contributed by atoms with Crippen LogP contribution < -0.4 is 10.1 Å². The van der Waals surface area contributed by atoms with Gasteiger partial charge >= 0.3 is 6.18 Å². The number of alkyl halides is 3. The summed E-state index contributed by atoms with van der Waals surface area (Å²) in [6.45, 7) is 2.31. The number of ether oxygens (including phenoxy) is 1. The predicted molar refractivity (Wildman–Crippen MR) is 107 cm³/mol. The number of benzene rings is 2. The molecule has 164 valence electrons. The van der Waals surface area contributed by atoms with E-state index in [2.05, 4.69) is 20.4 Å². The van der Waals surface area contributed by atoms with E-state index >= 15 is 0 Å². The van der Waals surface area contributed by atoms with Crippen LogP contribution in [-0.4, -0.2) is 32.1 Å². The molecule has 7 nitrogen and oxygen atoms in total. The van der Waals surface area contributed by atoms with Crippen LogP contribution in [0.25, 0.3) is 17.0 Å². The summed E-state index contributed by atoms with van der Waals surface area (Å²) in [5.74, 6) is -1.66. The first-order chi connectivity index (χ1) is 15.2. The predicted octanol–water partition coefficient (Wildman–Crippen LogP) is 4.60. The van der Waals surface area contributed by atoms with E-state index in [0.29, 0.717) is 22.6 Å². The van der Waals surface area contributed by atoms with Gasteiger partial charge in [-0.2, -0.15) is 22.7 Å². The van der Waals surface area contributed by atoms with Gasteiger partial charge in [0.15, 0.2) is 5.69 Å². The van der Waals surface area contributed by atoms with Crippen molar-refractivity contribution in [1.82, 2.24) is 19.6 Å². The molecule has 1 N–H and O–H groups in total. The number of halogens is 4. The van der Waals surface area contributed by atoms with Gasteiger partial charge in [0.05, 0.1) is 12.3 Å². The summed E-state index contributed by atoms with van der Waals surface area (Å²) in [4.78, 5) is 20.4. The van der Waals surface area contributed by atoms with E-state index in [1.165, 1.54) is 12.1 Å². The molecule has 2 aromatic heterocycles. The van der Waals surface area contributed by atoms with Gasteiger partial charge in [-0.15, -0.1) is 5.10 Å².